The molecule has 4 heterocycles. The second kappa shape index (κ2) is 8.90. The van der Waals surface area contributed by atoms with Crippen LogP contribution in [0.15, 0.2) is 42.7 Å². The fourth-order valence-corrected chi connectivity index (χ4v) is 5.11. The van der Waals surface area contributed by atoms with E-state index in [-0.39, 0.29) is 23.8 Å². The Hall–Kier alpha value is -2.93. The molecule has 2 aliphatic rings. The number of nitrogens with one attached hydrogen (secondary N) is 1. The Balaban J connectivity index is 1.20. The van der Waals surface area contributed by atoms with E-state index in [0.29, 0.717) is 37.4 Å². The molecule has 2 aromatic heterocycles. The van der Waals surface area contributed by atoms with Gasteiger partial charge in [-0.3, -0.25) is 14.6 Å². The number of carbonyl (C=O) groups excluding carboxylic acids is 2. The summed E-state index contributed by atoms with van der Waals surface area (Å²) in [5.41, 5.74) is 2.69. The van der Waals surface area contributed by atoms with E-state index in [1.165, 1.54) is 0 Å². The number of piperidine rings is 1. The highest BCUT2D eigenvalue weighted by atomic mass is 35.5. The third-order valence-electron chi connectivity index (χ3n) is 6.59. The van der Waals surface area contributed by atoms with E-state index >= 15 is 0 Å². The lowest BCUT2D eigenvalue weighted by atomic mass is 9.94. The minimum absolute atomic E-state index is 0.0163. The molecule has 0 saturated carbocycles. The number of amides is 2. The predicted molar refractivity (Wildman–Crippen MR) is 122 cm³/mol. The van der Waals surface area contributed by atoms with Crippen molar-refractivity contribution in [3.8, 4) is 0 Å². The van der Waals surface area contributed by atoms with Gasteiger partial charge in [-0.15, -0.1) is 0 Å². The molecule has 0 aliphatic carbocycles. The van der Waals surface area contributed by atoms with E-state index < -0.39 is 0 Å². The quantitative estimate of drug-likeness (QED) is 0.654. The van der Waals surface area contributed by atoms with E-state index in [2.05, 4.69) is 9.97 Å². The van der Waals surface area contributed by atoms with Crippen LogP contribution in [0.25, 0.3) is 11.0 Å². The monoisotopic (exact) mass is 451 g/mol. The van der Waals surface area contributed by atoms with Crippen molar-refractivity contribution in [2.24, 2.45) is 5.92 Å². The molecule has 32 heavy (non-hydrogen) atoms. The number of hydrogen-bond acceptors (Lipinski definition) is 4. The molecule has 1 unspecified atom stereocenters. The van der Waals surface area contributed by atoms with Gasteiger partial charge in [0, 0.05) is 36.8 Å². The summed E-state index contributed by atoms with van der Waals surface area (Å²) in [5.74, 6) is 1.07. The second-order valence-electron chi connectivity index (χ2n) is 8.67. The van der Waals surface area contributed by atoms with Crippen molar-refractivity contribution in [2.45, 2.75) is 38.1 Å². The molecule has 1 aromatic carbocycles. The zero-order valence-corrected chi connectivity index (χ0v) is 18.6. The van der Waals surface area contributed by atoms with Crippen molar-refractivity contribution in [1.82, 2.24) is 24.8 Å². The molecular formula is C24H26ClN5O2. The molecule has 8 heteroatoms. The number of hydrogen-bond donors (Lipinski definition) is 1. The van der Waals surface area contributed by atoms with Crippen LogP contribution in [0, 0.1) is 5.92 Å². The molecule has 166 valence electrons. The number of likely N-dealkylation sites (tertiary alicyclic amines) is 2. The Labute approximate surface area is 191 Å². The number of carbonyl (C=O) groups is 2. The number of rotatable bonds is 4. The number of H-pyrrole nitrogens is 1. The first kappa shape index (κ1) is 20.9. The second-order valence-corrected chi connectivity index (χ2v) is 9.10. The maximum atomic E-state index is 13.4. The molecule has 2 fully saturated rings. The summed E-state index contributed by atoms with van der Waals surface area (Å²) in [6, 6.07) is 9.28. The minimum atomic E-state index is -0.0446. The minimum Gasteiger partial charge on any atom is -0.342 e. The molecule has 0 bridgehead atoms. The maximum Gasteiger partial charge on any atom is 0.226 e. The predicted octanol–water partition coefficient (Wildman–Crippen LogP) is 3.76. The summed E-state index contributed by atoms with van der Waals surface area (Å²) in [7, 11) is 0. The Kier molecular flexibility index (Phi) is 5.83. The maximum absolute atomic E-state index is 13.4. The van der Waals surface area contributed by atoms with Gasteiger partial charge in [-0.2, -0.15) is 0 Å². The molecule has 2 aliphatic heterocycles. The molecular weight excluding hydrogens is 426 g/mol. The molecule has 1 atom stereocenters. The lowest BCUT2D eigenvalue weighted by Crippen LogP contribution is -2.44. The number of imidazole rings is 1. The van der Waals surface area contributed by atoms with Gasteiger partial charge < -0.3 is 14.8 Å². The standard InChI is InChI=1S/C24H26ClN5O2/c25-18-4-1-3-16(13-18)14-22(31)29-11-7-17(8-12-29)24(32)30-10-2-5-21(30)23-27-19-6-9-26-15-20(19)28-23/h1,3-4,6,9,13,15,17,21H,2,5,7-8,10-12,14H2,(H,27,28). The van der Waals surface area contributed by atoms with Gasteiger partial charge in [0.05, 0.1) is 29.7 Å². The van der Waals surface area contributed by atoms with Gasteiger partial charge in [0.25, 0.3) is 0 Å². The highest BCUT2D eigenvalue weighted by Gasteiger charge is 2.37. The number of pyridine rings is 1. The fraction of sp³-hybridized carbons (Fsp3) is 0.417. The van der Waals surface area contributed by atoms with Crippen molar-refractivity contribution in [3.05, 3.63) is 59.1 Å². The van der Waals surface area contributed by atoms with Gasteiger partial charge in [0.15, 0.2) is 0 Å². The smallest absolute Gasteiger partial charge is 0.226 e. The first-order valence-corrected chi connectivity index (χ1v) is 11.6. The van der Waals surface area contributed by atoms with E-state index in [9.17, 15) is 9.59 Å². The van der Waals surface area contributed by atoms with Crippen LogP contribution >= 0.6 is 11.6 Å². The first-order valence-electron chi connectivity index (χ1n) is 11.2. The number of fused-ring (bicyclic) bond motifs is 1. The van der Waals surface area contributed by atoms with Gasteiger partial charge in [0.2, 0.25) is 11.8 Å². The summed E-state index contributed by atoms with van der Waals surface area (Å²) >= 11 is 6.03. The van der Waals surface area contributed by atoms with Crippen molar-refractivity contribution >= 4 is 34.4 Å². The zero-order valence-electron chi connectivity index (χ0n) is 17.8. The highest BCUT2D eigenvalue weighted by molar-refractivity contribution is 6.30. The van der Waals surface area contributed by atoms with Crippen molar-refractivity contribution in [3.63, 3.8) is 0 Å². The summed E-state index contributed by atoms with van der Waals surface area (Å²) < 4.78 is 0. The SMILES string of the molecule is O=C(Cc1cccc(Cl)c1)N1CCC(C(=O)N2CCCC2c2nc3ccncc3[nH]2)CC1. The van der Waals surface area contributed by atoms with E-state index in [1.807, 2.05) is 34.1 Å². The third kappa shape index (κ3) is 4.21. The number of aromatic amines is 1. The van der Waals surface area contributed by atoms with Gasteiger partial charge in [-0.1, -0.05) is 23.7 Å². The first-order chi connectivity index (χ1) is 15.6. The van der Waals surface area contributed by atoms with E-state index in [1.54, 1.807) is 18.5 Å². The number of benzene rings is 1. The van der Waals surface area contributed by atoms with Crippen LogP contribution < -0.4 is 0 Å². The number of halogens is 1. The van der Waals surface area contributed by atoms with Crippen LogP contribution in [-0.2, 0) is 16.0 Å². The average Bonchev–Trinajstić information content (AvgIpc) is 3.45. The van der Waals surface area contributed by atoms with Gasteiger partial charge >= 0.3 is 0 Å². The molecule has 1 N–H and O–H groups in total. The van der Waals surface area contributed by atoms with E-state index in [4.69, 9.17) is 16.6 Å². The summed E-state index contributed by atoms with van der Waals surface area (Å²) in [4.78, 5) is 42.1. The van der Waals surface area contributed by atoms with Crippen LogP contribution in [-0.4, -0.2) is 56.2 Å². The molecule has 5 rings (SSSR count). The van der Waals surface area contributed by atoms with Crippen LogP contribution in [0.4, 0.5) is 0 Å². The number of aromatic nitrogens is 3. The Morgan fingerprint density at radius 1 is 1.12 bits per heavy atom. The van der Waals surface area contributed by atoms with Crippen LogP contribution in [0.1, 0.15) is 43.1 Å². The zero-order chi connectivity index (χ0) is 22.1. The van der Waals surface area contributed by atoms with Crippen molar-refractivity contribution in [2.75, 3.05) is 19.6 Å². The van der Waals surface area contributed by atoms with Crippen molar-refractivity contribution in [1.29, 1.82) is 0 Å². The average molecular weight is 452 g/mol. The van der Waals surface area contributed by atoms with Crippen LogP contribution in [0.2, 0.25) is 5.02 Å². The molecule has 2 saturated heterocycles. The molecule has 7 nitrogen and oxygen atoms in total. The lowest BCUT2D eigenvalue weighted by Gasteiger charge is -2.34. The Morgan fingerprint density at radius 2 is 1.97 bits per heavy atom. The third-order valence-corrected chi connectivity index (χ3v) is 6.83. The van der Waals surface area contributed by atoms with Crippen LogP contribution in [0.3, 0.4) is 0 Å². The van der Waals surface area contributed by atoms with Crippen LogP contribution in [0.5, 0.6) is 0 Å². The summed E-state index contributed by atoms with van der Waals surface area (Å²) in [6.45, 7) is 1.99. The Bertz CT molecular complexity index is 1110. The molecule has 0 radical (unpaired) electrons. The fourth-order valence-electron chi connectivity index (χ4n) is 4.89. The largest absolute Gasteiger partial charge is 0.342 e. The summed E-state index contributed by atoms with van der Waals surface area (Å²) in [6.07, 6.45) is 7.13. The highest BCUT2D eigenvalue weighted by Crippen LogP contribution is 2.34. The molecule has 0 spiro atoms. The topological polar surface area (TPSA) is 82.2 Å². The normalized spacial score (nSPS) is 19.6. The molecule has 2 amide bonds. The summed E-state index contributed by atoms with van der Waals surface area (Å²) in [5, 5.41) is 0.639. The van der Waals surface area contributed by atoms with Gasteiger partial charge in [0.1, 0.15) is 5.82 Å². The molecule has 3 aromatic rings. The van der Waals surface area contributed by atoms with Gasteiger partial charge in [-0.25, -0.2) is 4.98 Å². The number of nitrogens with zero attached hydrogens (tertiary/aromatic N) is 4. The van der Waals surface area contributed by atoms with Gasteiger partial charge in [-0.05, 0) is 49.4 Å². The lowest BCUT2D eigenvalue weighted by molar-refractivity contribution is -0.141. The van der Waals surface area contributed by atoms with E-state index in [0.717, 1.165) is 41.8 Å². The van der Waals surface area contributed by atoms with Crippen molar-refractivity contribution < 1.29 is 9.59 Å². The Morgan fingerprint density at radius 3 is 2.75 bits per heavy atom.